The molecule has 1 fully saturated rings. The second-order valence-corrected chi connectivity index (χ2v) is 3.95. The number of nitrogens with zero attached hydrogens (tertiary/aromatic N) is 2. The molecule has 0 aromatic carbocycles. The Morgan fingerprint density at radius 3 is 2.93 bits per heavy atom. The van der Waals surface area contributed by atoms with Crippen molar-refractivity contribution in [3.8, 4) is 5.88 Å². The van der Waals surface area contributed by atoms with Crippen molar-refractivity contribution in [1.82, 2.24) is 15.3 Å². The predicted molar refractivity (Wildman–Crippen MR) is 57.4 cm³/mol. The summed E-state index contributed by atoms with van der Waals surface area (Å²) in [4.78, 5) is 7.97. The van der Waals surface area contributed by atoms with Crippen molar-refractivity contribution in [3.63, 3.8) is 0 Å². The summed E-state index contributed by atoms with van der Waals surface area (Å²) in [7, 11) is 1.59. The van der Waals surface area contributed by atoms with Gasteiger partial charge in [0, 0.05) is 12.6 Å². The first-order chi connectivity index (χ1) is 7.22. The Kier molecular flexibility index (Phi) is 2.73. The second-order valence-electron chi connectivity index (χ2n) is 3.95. The molecule has 1 saturated carbocycles. The highest BCUT2D eigenvalue weighted by atomic mass is 16.5. The fourth-order valence-corrected chi connectivity index (χ4v) is 1.59. The first kappa shape index (κ1) is 10.2. The van der Waals surface area contributed by atoms with Crippen LogP contribution in [0.15, 0.2) is 6.33 Å². The smallest absolute Gasteiger partial charge is 0.222 e. The number of rotatable bonds is 4. The minimum atomic E-state index is 0.489. The molecule has 2 atom stereocenters. The lowest BCUT2D eigenvalue weighted by Gasteiger charge is -2.09. The van der Waals surface area contributed by atoms with Crippen molar-refractivity contribution in [3.05, 3.63) is 11.9 Å². The molecular formula is C10H16N4O. The van der Waals surface area contributed by atoms with Gasteiger partial charge in [0.05, 0.1) is 12.7 Å². The van der Waals surface area contributed by atoms with Crippen LogP contribution in [0.5, 0.6) is 5.88 Å². The van der Waals surface area contributed by atoms with E-state index in [0.29, 0.717) is 24.3 Å². The van der Waals surface area contributed by atoms with Gasteiger partial charge in [0.15, 0.2) is 0 Å². The van der Waals surface area contributed by atoms with Crippen molar-refractivity contribution in [2.75, 3.05) is 12.8 Å². The lowest BCUT2D eigenvalue weighted by molar-refractivity contribution is 0.389. The SMILES string of the molecule is COc1ncnc(N)c1CNC1CC1C. The monoisotopic (exact) mass is 208 g/mol. The van der Waals surface area contributed by atoms with Crippen LogP contribution in [0.2, 0.25) is 0 Å². The quantitative estimate of drug-likeness (QED) is 0.756. The number of aromatic nitrogens is 2. The number of nitrogen functional groups attached to an aromatic ring is 1. The molecule has 1 aromatic heterocycles. The molecule has 1 aromatic rings. The molecule has 5 nitrogen and oxygen atoms in total. The molecule has 0 radical (unpaired) electrons. The molecule has 1 aliphatic rings. The van der Waals surface area contributed by atoms with E-state index in [1.54, 1.807) is 7.11 Å². The van der Waals surface area contributed by atoms with Crippen LogP contribution in [-0.4, -0.2) is 23.1 Å². The minimum absolute atomic E-state index is 0.489. The maximum atomic E-state index is 5.77. The Morgan fingerprint density at radius 1 is 1.60 bits per heavy atom. The summed E-state index contributed by atoms with van der Waals surface area (Å²) in [5.74, 6) is 1.81. The average molecular weight is 208 g/mol. The van der Waals surface area contributed by atoms with Gasteiger partial charge < -0.3 is 15.8 Å². The van der Waals surface area contributed by atoms with Gasteiger partial charge in [0.2, 0.25) is 5.88 Å². The van der Waals surface area contributed by atoms with Crippen LogP contribution in [0.4, 0.5) is 5.82 Å². The van der Waals surface area contributed by atoms with Gasteiger partial charge in [-0.2, -0.15) is 0 Å². The van der Waals surface area contributed by atoms with Gasteiger partial charge in [0.25, 0.3) is 0 Å². The number of nitrogens with one attached hydrogen (secondary N) is 1. The van der Waals surface area contributed by atoms with Crippen molar-refractivity contribution in [2.45, 2.75) is 25.9 Å². The second kappa shape index (κ2) is 4.02. The Labute approximate surface area is 89.1 Å². The van der Waals surface area contributed by atoms with Gasteiger partial charge in [-0.25, -0.2) is 9.97 Å². The third kappa shape index (κ3) is 2.18. The average Bonchev–Trinajstić information content (AvgIpc) is 2.92. The molecule has 15 heavy (non-hydrogen) atoms. The van der Waals surface area contributed by atoms with Crippen LogP contribution in [-0.2, 0) is 6.54 Å². The van der Waals surface area contributed by atoms with Gasteiger partial charge in [-0.1, -0.05) is 6.92 Å². The Hall–Kier alpha value is -1.36. The summed E-state index contributed by atoms with van der Waals surface area (Å²) >= 11 is 0. The van der Waals surface area contributed by atoms with Gasteiger partial charge in [-0.3, -0.25) is 0 Å². The first-order valence-electron chi connectivity index (χ1n) is 5.09. The third-order valence-electron chi connectivity index (χ3n) is 2.78. The molecule has 3 N–H and O–H groups in total. The summed E-state index contributed by atoms with van der Waals surface area (Å²) in [6.45, 7) is 2.89. The normalized spacial score (nSPS) is 23.9. The summed E-state index contributed by atoms with van der Waals surface area (Å²) in [6.07, 6.45) is 2.65. The Bertz CT molecular complexity index is 355. The first-order valence-corrected chi connectivity index (χ1v) is 5.09. The summed E-state index contributed by atoms with van der Waals surface area (Å²) in [6, 6.07) is 0.606. The summed E-state index contributed by atoms with van der Waals surface area (Å²) in [5, 5.41) is 3.40. The molecule has 0 aliphatic heterocycles. The molecule has 2 unspecified atom stereocenters. The molecule has 0 bridgehead atoms. The molecule has 0 amide bonds. The summed E-state index contributed by atoms with van der Waals surface area (Å²) in [5.41, 5.74) is 6.61. The highest BCUT2D eigenvalue weighted by Crippen LogP contribution is 2.30. The Morgan fingerprint density at radius 2 is 2.33 bits per heavy atom. The standard InChI is InChI=1S/C10H16N4O/c1-6-3-8(6)12-4-7-9(11)13-5-14-10(7)15-2/h5-6,8,12H,3-4H2,1-2H3,(H2,11,13,14). The lowest BCUT2D eigenvalue weighted by atomic mass is 10.3. The summed E-state index contributed by atoms with van der Waals surface area (Å²) < 4.78 is 5.13. The van der Waals surface area contributed by atoms with Gasteiger partial charge in [0.1, 0.15) is 12.1 Å². The zero-order valence-corrected chi connectivity index (χ0v) is 9.03. The van der Waals surface area contributed by atoms with Crippen molar-refractivity contribution < 1.29 is 4.74 Å². The molecule has 5 heteroatoms. The zero-order chi connectivity index (χ0) is 10.8. The fraction of sp³-hybridized carbons (Fsp3) is 0.600. The number of anilines is 1. The highest BCUT2D eigenvalue weighted by molar-refractivity contribution is 5.44. The van der Waals surface area contributed by atoms with E-state index >= 15 is 0 Å². The molecule has 2 rings (SSSR count). The van der Waals surface area contributed by atoms with Gasteiger partial charge in [-0.15, -0.1) is 0 Å². The van der Waals surface area contributed by atoms with Crippen molar-refractivity contribution >= 4 is 5.82 Å². The van der Waals surface area contributed by atoms with E-state index < -0.39 is 0 Å². The van der Waals surface area contributed by atoms with Crippen LogP contribution in [0.25, 0.3) is 0 Å². The topological polar surface area (TPSA) is 73.1 Å². The van der Waals surface area contributed by atoms with E-state index in [9.17, 15) is 0 Å². The maximum Gasteiger partial charge on any atom is 0.222 e. The fourth-order valence-electron chi connectivity index (χ4n) is 1.59. The van der Waals surface area contributed by atoms with Crippen LogP contribution in [0, 0.1) is 5.92 Å². The molecule has 0 spiro atoms. The zero-order valence-electron chi connectivity index (χ0n) is 9.03. The number of methoxy groups -OCH3 is 1. The van der Waals surface area contributed by atoms with Crippen LogP contribution >= 0.6 is 0 Å². The van der Waals surface area contributed by atoms with Crippen LogP contribution < -0.4 is 15.8 Å². The number of ether oxygens (including phenoxy) is 1. The van der Waals surface area contributed by atoms with Gasteiger partial charge in [-0.05, 0) is 12.3 Å². The number of hydrogen-bond acceptors (Lipinski definition) is 5. The number of nitrogens with two attached hydrogens (primary N) is 1. The van der Waals surface area contributed by atoms with E-state index in [1.807, 2.05) is 0 Å². The van der Waals surface area contributed by atoms with E-state index in [2.05, 4.69) is 22.2 Å². The van der Waals surface area contributed by atoms with E-state index in [0.717, 1.165) is 11.5 Å². The highest BCUT2D eigenvalue weighted by Gasteiger charge is 2.32. The van der Waals surface area contributed by atoms with Crippen molar-refractivity contribution in [1.29, 1.82) is 0 Å². The third-order valence-corrected chi connectivity index (χ3v) is 2.78. The lowest BCUT2D eigenvalue weighted by Crippen LogP contribution is -2.19. The molecule has 1 aliphatic carbocycles. The van der Waals surface area contributed by atoms with Crippen LogP contribution in [0.1, 0.15) is 18.9 Å². The van der Waals surface area contributed by atoms with Gasteiger partial charge >= 0.3 is 0 Å². The molecule has 82 valence electrons. The van der Waals surface area contributed by atoms with E-state index in [-0.39, 0.29) is 0 Å². The van der Waals surface area contributed by atoms with E-state index in [4.69, 9.17) is 10.5 Å². The number of hydrogen-bond donors (Lipinski definition) is 2. The van der Waals surface area contributed by atoms with E-state index in [1.165, 1.54) is 12.7 Å². The largest absolute Gasteiger partial charge is 0.481 e. The minimum Gasteiger partial charge on any atom is -0.481 e. The molecule has 0 saturated heterocycles. The van der Waals surface area contributed by atoms with Crippen molar-refractivity contribution in [2.24, 2.45) is 5.92 Å². The molecular weight excluding hydrogens is 192 g/mol. The maximum absolute atomic E-state index is 5.77. The van der Waals surface area contributed by atoms with Crippen LogP contribution in [0.3, 0.4) is 0 Å². The predicted octanol–water partition coefficient (Wildman–Crippen LogP) is 0.565. The Balaban J connectivity index is 2.05. The molecule has 1 heterocycles.